The Morgan fingerprint density at radius 1 is 1.53 bits per heavy atom. The van der Waals surface area contributed by atoms with Gasteiger partial charge in [-0.1, -0.05) is 18.7 Å². The summed E-state index contributed by atoms with van der Waals surface area (Å²) >= 11 is 2.65. The Hall–Kier alpha value is -1.35. The van der Waals surface area contributed by atoms with Crippen LogP contribution in [0.25, 0.3) is 0 Å². The summed E-state index contributed by atoms with van der Waals surface area (Å²) < 4.78 is 4.11. The van der Waals surface area contributed by atoms with Gasteiger partial charge in [-0.25, -0.2) is 4.79 Å². The first-order valence-corrected chi connectivity index (χ1v) is 7.49. The lowest BCUT2D eigenvalue weighted by atomic mass is 10.4. The molecule has 0 aliphatic heterocycles. The van der Waals surface area contributed by atoms with Crippen molar-refractivity contribution >= 4 is 40.4 Å². The second-order valence-electron chi connectivity index (χ2n) is 3.73. The van der Waals surface area contributed by atoms with Crippen LogP contribution < -0.4 is 5.32 Å². The first-order valence-electron chi connectivity index (χ1n) is 5.73. The molecular weight excluding hydrogens is 288 g/mol. The van der Waals surface area contributed by atoms with Gasteiger partial charge in [0.1, 0.15) is 0 Å². The Kier molecular flexibility index (Phi) is 6.57. The van der Waals surface area contributed by atoms with Gasteiger partial charge in [0.2, 0.25) is 10.3 Å². The van der Waals surface area contributed by atoms with E-state index in [4.69, 9.17) is 5.11 Å². The Morgan fingerprint density at radius 2 is 2.26 bits per heavy atom. The number of carbonyl (C=O) groups is 2. The van der Waals surface area contributed by atoms with Gasteiger partial charge in [0, 0.05) is 30.9 Å². The van der Waals surface area contributed by atoms with Gasteiger partial charge in [0.05, 0.1) is 6.42 Å². The SMILES string of the molecule is CCCSc1nsc(NC(=O)N(C)CCC(=O)O)n1. The molecule has 0 bridgehead atoms. The molecule has 0 aliphatic carbocycles. The van der Waals surface area contributed by atoms with E-state index in [1.165, 1.54) is 23.7 Å². The van der Waals surface area contributed by atoms with Crippen LogP contribution >= 0.6 is 23.3 Å². The van der Waals surface area contributed by atoms with Crippen molar-refractivity contribution in [1.82, 2.24) is 14.3 Å². The third-order valence-electron chi connectivity index (χ3n) is 2.06. The van der Waals surface area contributed by atoms with Crippen LogP contribution in [0.15, 0.2) is 5.16 Å². The van der Waals surface area contributed by atoms with E-state index in [9.17, 15) is 9.59 Å². The fourth-order valence-corrected chi connectivity index (χ4v) is 2.45. The Balaban J connectivity index is 2.42. The van der Waals surface area contributed by atoms with Crippen LogP contribution in [0.3, 0.4) is 0 Å². The molecule has 0 fully saturated rings. The largest absolute Gasteiger partial charge is 0.481 e. The van der Waals surface area contributed by atoms with Gasteiger partial charge in [-0.3, -0.25) is 10.1 Å². The number of nitrogens with one attached hydrogen (secondary N) is 1. The van der Waals surface area contributed by atoms with Crippen molar-refractivity contribution in [1.29, 1.82) is 0 Å². The Bertz CT molecular complexity index is 438. The third kappa shape index (κ3) is 5.88. The number of aromatic nitrogens is 2. The number of urea groups is 1. The fourth-order valence-electron chi connectivity index (χ4n) is 1.06. The lowest BCUT2D eigenvalue weighted by Crippen LogP contribution is -2.33. The molecule has 2 amide bonds. The van der Waals surface area contributed by atoms with Gasteiger partial charge in [-0.15, -0.1) is 0 Å². The van der Waals surface area contributed by atoms with Crippen LogP contribution in [0, 0.1) is 0 Å². The molecule has 106 valence electrons. The lowest BCUT2D eigenvalue weighted by Gasteiger charge is -2.15. The number of aliphatic carboxylic acids is 1. The molecule has 0 aliphatic rings. The molecule has 0 spiro atoms. The smallest absolute Gasteiger partial charge is 0.323 e. The zero-order valence-corrected chi connectivity index (χ0v) is 12.4. The van der Waals surface area contributed by atoms with Crippen molar-refractivity contribution in [3.05, 3.63) is 0 Å². The highest BCUT2D eigenvalue weighted by Gasteiger charge is 2.13. The maximum Gasteiger partial charge on any atom is 0.323 e. The highest BCUT2D eigenvalue weighted by atomic mass is 32.2. The normalized spacial score (nSPS) is 10.2. The van der Waals surface area contributed by atoms with Crippen molar-refractivity contribution in [3.63, 3.8) is 0 Å². The number of thioether (sulfide) groups is 1. The van der Waals surface area contributed by atoms with E-state index in [1.54, 1.807) is 0 Å². The van der Waals surface area contributed by atoms with Crippen molar-refractivity contribution in [3.8, 4) is 0 Å². The van der Waals surface area contributed by atoms with Gasteiger partial charge in [0.15, 0.2) is 0 Å². The first-order chi connectivity index (χ1) is 9.02. The number of hydrogen-bond acceptors (Lipinski definition) is 6. The average molecular weight is 304 g/mol. The first kappa shape index (κ1) is 15.7. The fraction of sp³-hybridized carbons (Fsp3) is 0.600. The number of nitrogens with zero attached hydrogens (tertiary/aromatic N) is 3. The van der Waals surface area contributed by atoms with Crippen LogP contribution in [0.4, 0.5) is 9.93 Å². The second kappa shape index (κ2) is 7.95. The number of rotatable bonds is 7. The van der Waals surface area contributed by atoms with Gasteiger partial charge in [-0.2, -0.15) is 9.36 Å². The van der Waals surface area contributed by atoms with Gasteiger partial charge < -0.3 is 10.0 Å². The highest BCUT2D eigenvalue weighted by molar-refractivity contribution is 7.99. The van der Waals surface area contributed by atoms with E-state index in [0.29, 0.717) is 10.3 Å². The molecule has 0 atom stereocenters. The molecule has 1 aromatic rings. The molecular formula is C10H16N4O3S2. The monoisotopic (exact) mass is 304 g/mol. The predicted octanol–water partition coefficient (Wildman–Crippen LogP) is 1.98. The van der Waals surface area contributed by atoms with Crippen LogP contribution in [-0.2, 0) is 4.79 Å². The number of anilines is 1. The van der Waals surface area contributed by atoms with E-state index < -0.39 is 5.97 Å². The minimum atomic E-state index is -0.936. The molecule has 1 heterocycles. The number of carboxylic acid groups (broad SMARTS) is 1. The van der Waals surface area contributed by atoms with E-state index in [-0.39, 0.29) is 19.0 Å². The molecule has 1 aromatic heterocycles. The number of carboxylic acids is 1. The molecule has 0 saturated heterocycles. The summed E-state index contributed by atoms with van der Waals surface area (Å²) in [5, 5.41) is 12.2. The molecule has 0 radical (unpaired) electrons. The van der Waals surface area contributed by atoms with E-state index in [2.05, 4.69) is 21.6 Å². The predicted molar refractivity (Wildman–Crippen MR) is 74.8 cm³/mol. The summed E-state index contributed by atoms with van der Waals surface area (Å²) in [5.41, 5.74) is 0. The minimum Gasteiger partial charge on any atom is -0.481 e. The van der Waals surface area contributed by atoms with Crippen molar-refractivity contribution < 1.29 is 14.7 Å². The second-order valence-corrected chi connectivity index (χ2v) is 5.54. The van der Waals surface area contributed by atoms with Crippen molar-refractivity contribution in [2.24, 2.45) is 0 Å². The molecule has 9 heteroatoms. The topological polar surface area (TPSA) is 95.4 Å². The minimum absolute atomic E-state index is 0.0857. The van der Waals surface area contributed by atoms with E-state index in [1.807, 2.05) is 0 Å². The quantitative estimate of drug-likeness (QED) is 0.748. The molecule has 0 saturated carbocycles. The van der Waals surface area contributed by atoms with E-state index in [0.717, 1.165) is 23.7 Å². The third-order valence-corrected chi connectivity index (χ3v) is 3.86. The molecule has 0 unspecified atom stereocenters. The van der Waals surface area contributed by atoms with Crippen molar-refractivity contribution in [2.75, 3.05) is 24.7 Å². The standard InChI is InChI=1S/C10H16N4O3S2/c1-3-6-18-9-11-8(19-13-9)12-10(17)14(2)5-4-7(15)16/h3-6H2,1-2H3,(H,15,16)(H,11,12,13,17). The van der Waals surface area contributed by atoms with Gasteiger partial charge >= 0.3 is 12.0 Å². The van der Waals surface area contributed by atoms with E-state index >= 15 is 0 Å². The Morgan fingerprint density at radius 3 is 2.89 bits per heavy atom. The van der Waals surface area contributed by atoms with Crippen LogP contribution in [0.5, 0.6) is 0 Å². The maximum absolute atomic E-state index is 11.7. The summed E-state index contributed by atoms with van der Waals surface area (Å²) in [6, 6.07) is -0.385. The molecule has 19 heavy (non-hydrogen) atoms. The lowest BCUT2D eigenvalue weighted by molar-refractivity contribution is -0.137. The van der Waals surface area contributed by atoms with Gasteiger partial charge in [0.25, 0.3) is 0 Å². The molecule has 0 aromatic carbocycles. The number of hydrogen-bond donors (Lipinski definition) is 2. The summed E-state index contributed by atoms with van der Waals surface area (Å²) in [4.78, 5) is 27.6. The molecule has 1 rings (SSSR count). The number of carbonyl (C=O) groups excluding carboxylic acids is 1. The summed E-state index contributed by atoms with van der Waals surface area (Å²) in [6.45, 7) is 2.22. The molecule has 2 N–H and O–H groups in total. The highest BCUT2D eigenvalue weighted by Crippen LogP contribution is 2.20. The van der Waals surface area contributed by atoms with Gasteiger partial charge in [-0.05, 0) is 6.42 Å². The Labute approximate surface area is 119 Å². The average Bonchev–Trinajstić information content (AvgIpc) is 2.80. The molecule has 7 nitrogen and oxygen atoms in total. The zero-order chi connectivity index (χ0) is 14.3. The maximum atomic E-state index is 11.7. The van der Waals surface area contributed by atoms with Crippen LogP contribution in [-0.4, -0.2) is 50.7 Å². The van der Waals surface area contributed by atoms with Crippen molar-refractivity contribution in [2.45, 2.75) is 24.9 Å². The number of amides is 2. The summed E-state index contributed by atoms with van der Waals surface area (Å²) in [5.74, 6) is -0.00311. The summed E-state index contributed by atoms with van der Waals surface area (Å²) in [7, 11) is 1.53. The summed E-state index contributed by atoms with van der Waals surface area (Å²) in [6.07, 6.45) is 0.946. The zero-order valence-electron chi connectivity index (χ0n) is 10.8. The van der Waals surface area contributed by atoms with Crippen LogP contribution in [0.2, 0.25) is 0 Å². The van der Waals surface area contributed by atoms with Crippen LogP contribution in [0.1, 0.15) is 19.8 Å².